The number of rotatable bonds is 4. The van der Waals surface area contributed by atoms with Gasteiger partial charge in [-0.15, -0.1) is 12.1 Å². The summed E-state index contributed by atoms with van der Waals surface area (Å²) in [5, 5.41) is 8.97. The standard InChI is InChI=1S/C15H16O3.Y/c16-10-9-11-3-1-2-4-14(11)12-5-7-13(8-6-12)15(17)18;/h1-4,13H,5-9H2,(H,17,18);/q-2;. The normalized spacial score (nSPS) is 15.7. The van der Waals surface area contributed by atoms with Crippen LogP contribution in [-0.2, 0) is 48.7 Å². The van der Waals surface area contributed by atoms with E-state index in [1.807, 2.05) is 30.6 Å². The largest absolute Gasteiger partial charge is 0.542 e. The molecule has 0 atom stereocenters. The Bertz CT molecular complexity index is 437. The van der Waals surface area contributed by atoms with E-state index in [2.05, 4.69) is 0 Å². The second kappa shape index (κ2) is 7.81. The molecule has 0 amide bonds. The second-order valence-corrected chi connectivity index (χ2v) is 4.69. The van der Waals surface area contributed by atoms with Gasteiger partial charge in [0.1, 0.15) is 0 Å². The minimum atomic E-state index is -0.691. The van der Waals surface area contributed by atoms with Gasteiger partial charge in [0, 0.05) is 32.7 Å². The monoisotopic (exact) mass is 333 g/mol. The van der Waals surface area contributed by atoms with Crippen molar-refractivity contribution >= 4 is 12.3 Å². The van der Waals surface area contributed by atoms with Crippen molar-refractivity contribution < 1.29 is 47.4 Å². The molecule has 1 aliphatic rings. The van der Waals surface area contributed by atoms with Crippen molar-refractivity contribution in [2.45, 2.75) is 32.1 Å². The van der Waals surface area contributed by atoms with E-state index in [9.17, 15) is 9.59 Å². The zero-order valence-corrected chi connectivity index (χ0v) is 13.6. The van der Waals surface area contributed by atoms with Gasteiger partial charge in [0.25, 0.3) is 0 Å². The summed E-state index contributed by atoms with van der Waals surface area (Å²) in [7, 11) is 0. The van der Waals surface area contributed by atoms with Crippen LogP contribution in [0.2, 0.25) is 0 Å². The average molecular weight is 333 g/mol. The second-order valence-electron chi connectivity index (χ2n) is 4.69. The Morgan fingerprint density at radius 1 is 1.32 bits per heavy atom. The molecule has 0 heterocycles. The molecule has 0 aromatic heterocycles. The summed E-state index contributed by atoms with van der Waals surface area (Å²) in [6.45, 7) is 0. The van der Waals surface area contributed by atoms with Gasteiger partial charge in [-0.2, -0.15) is 29.5 Å². The summed E-state index contributed by atoms with van der Waals surface area (Å²) in [6.07, 6.45) is 5.26. The van der Waals surface area contributed by atoms with Crippen molar-refractivity contribution in [1.29, 1.82) is 0 Å². The summed E-state index contributed by atoms with van der Waals surface area (Å²) in [5.74, 6) is 0.375. The molecule has 4 heteroatoms. The molecule has 1 aromatic rings. The first-order valence-electron chi connectivity index (χ1n) is 6.23. The maximum atomic E-state index is 10.9. The Morgan fingerprint density at radius 2 is 1.95 bits per heavy atom. The molecule has 99 valence electrons. The predicted octanol–water partition coefficient (Wildman–Crippen LogP) is 2.53. The first-order valence-corrected chi connectivity index (χ1v) is 6.23. The van der Waals surface area contributed by atoms with E-state index < -0.39 is 5.97 Å². The van der Waals surface area contributed by atoms with E-state index in [-0.39, 0.29) is 38.6 Å². The van der Waals surface area contributed by atoms with E-state index in [1.54, 1.807) is 0 Å². The number of hydrogen-bond acceptors (Lipinski definition) is 2. The van der Waals surface area contributed by atoms with Crippen molar-refractivity contribution in [3.8, 4) is 0 Å². The molecule has 0 saturated heterocycles. The fourth-order valence-electron chi connectivity index (χ4n) is 2.58. The third-order valence-electron chi connectivity index (χ3n) is 3.60. The zero-order chi connectivity index (χ0) is 13.0. The van der Waals surface area contributed by atoms with Gasteiger partial charge in [-0.1, -0.05) is 18.9 Å². The first-order chi connectivity index (χ1) is 8.72. The number of carboxylic acid groups (broad SMARTS) is 1. The smallest absolute Gasteiger partial charge is 0.306 e. The number of aliphatic carboxylic acids is 1. The Hall–Kier alpha value is -0.666. The zero-order valence-electron chi connectivity index (χ0n) is 10.8. The van der Waals surface area contributed by atoms with Crippen molar-refractivity contribution in [3.05, 3.63) is 41.3 Å². The number of carbonyl (C=O) groups is 1. The molecule has 1 radical (unpaired) electrons. The number of carbonyl (C=O) groups excluding carboxylic acids is 1. The number of carboxylic acids is 1. The molecule has 1 saturated carbocycles. The van der Waals surface area contributed by atoms with Crippen LogP contribution in [0.3, 0.4) is 0 Å². The van der Waals surface area contributed by atoms with Gasteiger partial charge in [0.15, 0.2) is 0 Å². The van der Waals surface area contributed by atoms with Crippen LogP contribution in [0.15, 0.2) is 24.3 Å². The Morgan fingerprint density at radius 3 is 2.53 bits per heavy atom. The predicted molar refractivity (Wildman–Crippen MR) is 67.8 cm³/mol. The van der Waals surface area contributed by atoms with Gasteiger partial charge in [-0.05, 0) is 12.8 Å². The van der Waals surface area contributed by atoms with E-state index in [4.69, 9.17) is 5.11 Å². The van der Waals surface area contributed by atoms with Crippen LogP contribution in [-0.4, -0.2) is 17.4 Å². The van der Waals surface area contributed by atoms with Gasteiger partial charge in [0.05, 0.1) is 5.92 Å². The van der Waals surface area contributed by atoms with Gasteiger partial charge in [0.2, 0.25) is 0 Å². The van der Waals surface area contributed by atoms with Gasteiger partial charge < -0.3 is 9.90 Å². The fourth-order valence-corrected chi connectivity index (χ4v) is 2.58. The molecule has 0 spiro atoms. The van der Waals surface area contributed by atoms with Gasteiger partial charge in [-0.25, -0.2) is 0 Å². The summed E-state index contributed by atoms with van der Waals surface area (Å²) < 4.78 is 0. The average Bonchev–Trinajstić information content (AvgIpc) is 2.40. The minimum Gasteiger partial charge on any atom is -0.542 e. The van der Waals surface area contributed by atoms with Crippen LogP contribution in [0, 0.1) is 11.8 Å². The van der Waals surface area contributed by atoms with Crippen LogP contribution in [0.25, 0.3) is 0 Å². The molecule has 2 rings (SSSR count). The van der Waals surface area contributed by atoms with E-state index in [0.29, 0.717) is 19.3 Å². The Labute approximate surface area is 138 Å². The van der Waals surface area contributed by atoms with Crippen molar-refractivity contribution in [2.24, 2.45) is 5.92 Å². The van der Waals surface area contributed by atoms with E-state index >= 15 is 0 Å². The molecule has 0 aliphatic heterocycles. The van der Waals surface area contributed by atoms with E-state index in [0.717, 1.165) is 24.0 Å². The van der Waals surface area contributed by atoms with Crippen LogP contribution in [0.5, 0.6) is 0 Å². The molecular formula is C15H16O3Y-2. The molecule has 1 aliphatic carbocycles. The quantitative estimate of drug-likeness (QED) is 0.862. The minimum absolute atomic E-state index is 0. The van der Waals surface area contributed by atoms with Crippen LogP contribution in [0.1, 0.15) is 36.8 Å². The molecule has 0 unspecified atom stereocenters. The summed E-state index contributed by atoms with van der Waals surface area (Å²) in [6, 6.07) is 7.83. The van der Waals surface area contributed by atoms with Gasteiger partial charge >= 0.3 is 5.97 Å². The van der Waals surface area contributed by atoms with E-state index in [1.165, 1.54) is 5.92 Å². The third kappa shape index (κ3) is 4.15. The summed E-state index contributed by atoms with van der Waals surface area (Å²) in [5.41, 5.74) is 2.11. The van der Waals surface area contributed by atoms with Crippen LogP contribution >= 0.6 is 0 Å². The Kier molecular flexibility index (Phi) is 6.74. The summed E-state index contributed by atoms with van der Waals surface area (Å²) >= 11 is 0. The summed E-state index contributed by atoms with van der Waals surface area (Å²) in [4.78, 5) is 21.4. The van der Waals surface area contributed by atoms with Crippen LogP contribution < -0.4 is 0 Å². The molecule has 1 N–H and O–H groups in total. The van der Waals surface area contributed by atoms with Crippen molar-refractivity contribution in [1.82, 2.24) is 0 Å². The van der Waals surface area contributed by atoms with Crippen molar-refractivity contribution in [3.63, 3.8) is 0 Å². The topological polar surface area (TPSA) is 54.4 Å². The van der Waals surface area contributed by atoms with Gasteiger partial charge in [-0.3, -0.25) is 11.1 Å². The molecule has 1 fully saturated rings. The Balaban J connectivity index is 0.00000180. The first kappa shape index (κ1) is 16.4. The fraction of sp³-hybridized carbons (Fsp3) is 0.400. The molecular weight excluding hydrogens is 317 g/mol. The maximum absolute atomic E-state index is 10.9. The molecule has 0 bridgehead atoms. The molecule has 1 aromatic carbocycles. The SMILES string of the molecule is O=[C-]Cc1ccccc1[C-]1CCC(C(=O)O)CC1.[Y]. The maximum Gasteiger partial charge on any atom is 0.306 e. The van der Waals surface area contributed by atoms with Crippen LogP contribution in [0.4, 0.5) is 0 Å². The third-order valence-corrected chi connectivity index (χ3v) is 3.60. The number of hydrogen-bond donors (Lipinski definition) is 1. The molecule has 3 nitrogen and oxygen atoms in total. The number of benzene rings is 1. The molecule has 19 heavy (non-hydrogen) atoms. The van der Waals surface area contributed by atoms with Crippen molar-refractivity contribution in [2.75, 3.05) is 0 Å².